The van der Waals surface area contributed by atoms with Crippen molar-refractivity contribution >= 4 is 35.8 Å². The van der Waals surface area contributed by atoms with E-state index in [-0.39, 0.29) is 42.0 Å². The summed E-state index contributed by atoms with van der Waals surface area (Å²) in [5.74, 6) is 1.18. The van der Waals surface area contributed by atoms with Gasteiger partial charge in [-0.25, -0.2) is 4.99 Å². The van der Waals surface area contributed by atoms with E-state index in [2.05, 4.69) is 26.1 Å². The lowest BCUT2D eigenvalue weighted by Gasteiger charge is -2.21. The van der Waals surface area contributed by atoms with Gasteiger partial charge in [0.15, 0.2) is 11.7 Å². The van der Waals surface area contributed by atoms with E-state index in [0.29, 0.717) is 24.8 Å². The molecule has 0 aliphatic heterocycles. The van der Waals surface area contributed by atoms with Crippen LogP contribution >= 0.6 is 24.0 Å². The number of aliphatic imine (C=N–C) groups is 1. The van der Waals surface area contributed by atoms with Crippen LogP contribution in [-0.2, 0) is 11.3 Å². The molecule has 1 aromatic heterocycles. The Labute approximate surface area is 177 Å². The van der Waals surface area contributed by atoms with Gasteiger partial charge in [0.2, 0.25) is 5.91 Å². The fraction of sp³-hybridized carbons (Fsp3) is 0.421. The molecule has 2 aromatic rings. The maximum Gasteiger partial charge on any atom is 0.239 e. The molecule has 0 saturated carbocycles. The zero-order valence-electron chi connectivity index (χ0n) is 16.2. The minimum absolute atomic E-state index is 0. The van der Waals surface area contributed by atoms with E-state index < -0.39 is 0 Å². The molecule has 27 heavy (non-hydrogen) atoms. The molecule has 0 atom stereocenters. The Morgan fingerprint density at radius 1 is 1.19 bits per heavy atom. The van der Waals surface area contributed by atoms with Gasteiger partial charge in [0.25, 0.3) is 0 Å². The number of hydrogen-bond acceptors (Lipinski definition) is 4. The minimum Gasteiger partial charge on any atom is -0.357 e. The summed E-state index contributed by atoms with van der Waals surface area (Å²) in [5.41, 5.74) is 1.43. The molecular weight excluding hydrogens is 457 g/mol. The first-order chi connectivity index (χ1) is 12.4. The number of benzene rings is 1. The molecule has 0 spiro atoms. The monoisotopic (exact) mass is 485 g/mol. The highest BCUT2D eigenvalue weighted by atomic mass is 127. The fourth-order valence-corrected chi connectivity index (χ4v) is 2.25. The van der Waals surface area contributed by atoms with Gasteiger partial charge in [-0.1, -0.05) is 35.5 Å². The average Bonchev–Trinajstić information content (AvgIpc) is 3.05. The number of nitrogens with one attached hydrogen (secondary N) is 3. The molecule has 0 fully saturated rings. The fourth-order valence-electron chi connectivity index (χ4n) is 2.25. The Balaban J connectivity index is 0.00000364. The van der Waals surface area contributed by atoms with Crippen molar-refractivity contribution in [1.29, 1.82) is 0 Å². The Morgan fingerprint density at radius 2 is 1.89 bits per heavy atom. The maximum atomic E-state index is 11.9. The third-order valence-corrected chi connectivity index (χ3v) is 3.29. The number of hydrogen-bond donors (Lipinski definition) is 3. The smallest absolute Gasteiger partial charge is 0.239 e. The van der Waals surface area contributed by atoms with E-state index in [1.807, 2.05) is 64.1 Å². The second kappa shape index (κ2) is 10.9. The molecule has 148 valence electrons. The quantitative estimate of drug-likeness (QED) is 0.333. The van der Waals surface area contributed by atoms with Gasteiger partial charge >= 0.3 is 0 Å². The SMILES string of the molecule is CCNC(=NCc1cc(-c2ccccc2)on1)NCC(=O)NC(C)(C)C.I. The van der Waals surface area contributed by atoms with Crippen LogP contribution in [-0.4, -0.2) is 35.7 Å². The number of rotatable bonds is 6. The minimum atomic E-state index is -0.261. The van der Waals surface area contributed by atoms with Crippen LogP contribution in [0.4, 0.5) is 0 Å². The number of guanidine groups is 1. The highest BCUT2D eigenvalue weighted by Gasteiger charge is 2.13. The molecule has 2 rings (SSSR count). The third kappa shape index (κ3) is 8.42. The number of carbonyl (C=O) groups is 1. The zero-order valence-corrected chi connectivity index (χ0v) is 18.5. The summed E-state index contributed by atoms with van der Waals surface area (Å²) in [6.45, 7) is 9.00. The van der Waals surface area contributed by atoms with Gasteiger partial charge in [0.05, 0.1) is 13.1 Å². The predicted octanol–water partition coefficient (Wildman–Crippen LogP) is 2.93. The number of halogens is 1. The molecule has 1 heterocycles. The standard InChI is InChI=1S/C19H27N5O2.HI/c1-5-20-18(22-13-17(25)23-19(2,3)4)21-12-15-11-16(26-24-15)14-9-7-6-8-10-14;/h6-11H,5,12-13H2,1-4H3,(H,23,25)(H2,20,21,22);1H. The van der Waals surface area contributed by atoms with E-state index in [1.165, 1.54) is 0 Å². The normalized spacial score (nSPS) is 11.5. The second-order valence-corrected chi connectivity index (χ2v) is 6.90. The van der Waals surface area contributed by atoms with Crippen molar-refractivity contribution < 1.29 is 9.32 Å². The van der Waals surface area contributed by atoms with Crippen molar-refractivity contribution in [3.8, 4) is 11.3 Å². The first-order valence-electron chi connectivity index (χ1n) is 8.71. The van der Waals surface area contributed by atoms with Crippen LogP contribution in [0.15, 0.2) is 45.9 Å². The van der Waals surface area contributed by atoms with E-state index in [9.17, 15) is 4.79 Å². The molecule has 0 unspecified atom stereocenters. The zero-order chi connectivity index (χ0) is 19.0. The van der Waals surface area contributed by atoms with E-state index in [1.54, 1.807) is 0 Å². The largest absolute Gasteiger partial charge is 0.357 e. The Hall–Kier alpha value is -2.10. The second-order valence-electron chi connectivity index (χ2n) is 6.90. The van der Waals surface area contributed by atoms with E-state index >= 15 is 0 Å². The lowest BCUT2D eigenvalue weighted by Crippen LogP contribution is -2.48. The first-order valence-corrected chi connectivity index (χ1v) is 8.71. The molecule has 0 aliphatic rings. The number of nitrogens with zero attached hydrogens (tertiary/aromatic N) is 2. The van der Waals surface area contributed by atoms with Gasteiger partial charge in [-0.3, -0.25) is 4.79 Å². The maximum absolute atomic E-state index is 11.9. The summed E-state index contributed by atoms with van der Waals surface area (Å²) < 4.78 is 5.37. The highest BCUT2D eigenvalue weighted by Crippen LogP contribution is 2.19. The van der Waals surface area contributed by atoms with Gasteiger partial charge in [0, 0.05) is 23.7 Å². The van der Waals surface area contributed by atoms with Crippen LogP contribution in [0.2, 0.25) is 0 Å². The van der Waals surface area contributed by atoms with Gasteiger partial charge < -0.3 is 20.5 Å². The first kappa shape index (κ1) is 22.9. The predicted molar refractivity (Wildman–Crippen MR) is 118 cm³/mol. The van der Waals surface area contributed by atoms with Gasteiger partial charge in [-0.15, -0.1) is 24.0 Å². The van der Waals surface area contributed by atoms with Crippen molar-refractivity contribution in [2.75, 3.05) is 13.1 Å². The molecule has 0 radical (unpaired) electrons. The van der Waals surface area contributed by atoms with Gasteiger partial charge in [-0.05, 0) is 27.7 Å². The van der Waals surface area contributed by atoms with Crippen molar-refractivity contribution in [2.45, 2.75) is 39.8 Å². The van der Waals surface area contributed by atoms with Crippen molar-refractivity contribution in [2.24, 2.45) is 4.99 Å². The van der Waals surface area contributed by atoms with Crippen LogP contribution in [0.3, 0.4) is 0 Å². The molecule has 7 nitrogen and oxygen atoms in total. The topological polar surface area (TPSA) is 91.6 Å². The van der Waals surface area contributed by atoms with Crippen LogP contribution < -0.4 is 16.0 Å². The van der Waals surface area contributed by atoms with Crippen molar-refractivity contribution in [3.63, 3.8) is 0 Å². The van der Waals surface area contributed by atoms with E-state index in [0.717, 1.165) is 11.3 Å². The molecule has 0 saturated heterocycles. The number of aromatic nitrogens is 1. The number of carbonyl (C=O) groups excluding carboxylic acids is 1. The highest BCUT2D eigenvalue weighted by molar-refractivity contribution is 14.0. The molecule has 0 bridgehead atoms. The molecular formula is C19H28IN5O2. The lowest BCUT2D eigenvalue weighted by atomic mass is 10.1. The van der Waals surface area contributed by atoms with Crippen LogP contribution in [0.5, 0.6) is 0 Å². The van der Waals surface area contributed by atoms with Crippen molar-refractivity contribution in [3.05, 3.63) is 42.1 Å². The van der Waals surface area contributed by atoms with Gasteiger partial charge in [-0.2, -0.15) is 0 Å². The summed E-state index contributed by atoms with van der Waals surface area (Å²) in [6.07, 6.45) is 0. The molecule has 8 heteroatoms. The summed E-state index contributed by atoms with van der Waals surface area (Å²) in [6, 6.07) is 11.7. The molecule has 0 aliphatic carbocycles. The summed E-state index contributed by atoms with van der Waals surface area (Å²) in [5, 5.41) is 13.1. The molecule has 1 amide bonds. The Morgan fingerprint density at radius 3 is 2.52 bits per heavy atom. The Bertz CT molecular complexity index is 738. The van der Waals surface area contributed by atoms with Crippen LogP contribution in [0.1, 0.15) is 33.4 Å². The summed E-state index contributed by atoms with van der Waals surface area (Å²) in [4.78, 5) is 16.4. The molecule has 3 N–H and O–H groups in total. The van der Waals surface area contributed by atoms with Gasteiger partial charge in [0.1, 0.15) is 5.69 Å². The summed E-state index contributed by atoms with van der Waals surface area (Å²) >= 11 is 0. The van der Waals surface area contributed by atoms with Crippen LogP contribution in [0, 0.1) is 0 Å². The van der Waals surface area contributed by atoms with E-state index in [4.69, 9.17) is 4.52 Å². The van der Waals surface area contributed by atoms with Crippen LogP contribution in [0.25, 0.3) is 11.3 Å². The number of amides is 1. The van der Waals surface area contributed by atoms with Crippen molar-refractivity contribution in [1.82, 2.24) is 21.1 Å². The third-order valence-electron chi connectivity index (χ3n) is 3.29. The average molecular weight is 485 g/mol. The Kier molecular flexibility index (Phi) is 9.27. The lowest BCUT2D eigenvalue weighted by molar-refractivity contribution is -0.121. The summed E-state index contributed by atoms with van der Waals surface area (Å²) in [7, 11) is 0. The molecule has 1 aromatic carbocycles.